The zero-order chi connectivity index (χ0) is 15.6. The smallest absolute Gasteiger partial charge is 0.304 e. The maximum absolute atomic E-state index is 13.6. The minimum absolute atomic E-state index is 0.175. The standard InChI is InChI=1S/C13H7ClF2N2O3/c14-8-2-1-3-10(12(8)16)17-13(19)7-4-5-11(18(20)21)9(15)6-7/h1-6H,(H,17,19). The van der Waals surface area contributed by atoms with Gasteiger partial charge in [-0.15, -0.1) is 0 Å². The van der Waals surface area contributed by atoms with Gasteiger partial charge >= 0.3 is 5.69 Å². The molecule has 0 atom stereocenters. The van der Waals surface area contributed by atoms with Gasteiger partial charge in [-0.3, -0.25) is 14.9 Å². The molecule has 8 heteroatoms. The van der Waals surface area contributed by atoms with Gasteiger partial charge in [-0.25, -0.2) is 4.39 Å². The number of hydrogen-bond donors (Lipinski definition) is 1. The predicted octanol–water partition coefficient (Wildman–Crippen LogP) is 3.78. The number of halogens is 3. The topological polar surface area (TPSA) is 72.2 Å². The fourth-order valence-electron chi connectivity index (χ4n) is 1.59. The molecule has 0 aliphatic rings. The van der Waals surface area contributed by atoms with Crippen LogP contribution in [0.2, 0.25) is 5.02 Å². The Kier molecular flexibility index (Phi) is 4.13. The summed E-state index contributed by atoms with van der Waals surface area (Å²) in [4.78, 5) is 21.4. The fourth-order valence-corrected chi connectivity index (χ4v) is 1.77. The Morgan fingerprint density at radius 3 is 2.57 bits per heavy atom. The van der Waals surface area contributed by atoms with E-state index >= 15 is 0 Å². The molecule has 0 saturated heterocycles. The van der Waals surface area contributed by atoms with Crippen LogP contribution in [0.25, 0.3) is 0 Å². The van der Waals surface area contributed by atoms with E-state index in [1.807, 2.05) is 0 Å². The first-order valence-corrected chi connectivity index (χ1v) is 5.97. The molecule has 0 heterocycles. The molecule has 0 aliphatic heterocycles. The molecule has 0 unspecified atom stereocenters. The number of nitrogens with one attached hydrogen (secondary N) is 1. The molecule has 0 aromatic heterocycles. The molecule has 108 valence electrons. The summed E-state index contributed by atoms with van der Waals surface area (Å²) in [6.45, 7) is 0. The quantitative estimate of drug-likeness (QED) is 0.692. The van der Waals surface area contributed by atoms with Crippen LogP contribution in [-0.2, 0) is 0 Å². The number of benzene rings is 2. The van der Waals surface area contributed by atoms with Crippen LogP contribution < -0.4 is 5.32 Å². The molecule has 21 heavy (non-hydrogen) atoms. The van der Waals surface area contributed by atoms with Crippen LogP contribution >= 0.6 is 11.6 Å². The minimum atomic E-state index is -1.15. The van der Waals surface area contributed by atoms with Crippen LogP contribution in [0.1, 0.15) is 10.4 Å². The first-order valence-electron chi connectivity index (χ1n) is 5.59. The van der Waals surface area contributed by atoms with Crippen molar-refractivity contribution in [3.8, 4) is 0 Å². The van der Waals surface area contributed by atoms with Crippen molar-refractivity contribution in [3.05, 3.63) is 68.7 Å². The highest BCUT2D eigenvalue weighted by molar-refractivity contribution is 6.31. The summed E-state index contributed by atoms with van der Waals surface area (Å²) in [5.74, 6) is -2.79. The third-order valence-electron chi connectivity index (χ3n) is 2.61. The molecule has 2 rings (SSSR count). The first kappa shape index (κ1) is 14.9. The molecule has 2 aromatic carbocycles. The van der Waals surface area contributed by atoms with Crippen LogP contribution in [-0.4, -0.2) is 10.8 Å². The molecule has 0 saturated carbocycles. The summed E-state index contributed by atoms with van der Waals surface area (Å²) in [7, 11) is 0. The highest BCUT2D eigenvalue weighted by Crippen LogP contribution is 2.23. The van der Waals surface area contributed by atoms with Gasteiger partial charge in [0.15, 0.2) is 5.82 Å². The van der Waals surface area contributed by atoms with Crippen molar-refractivity contribution >= 4 is 28.9 Å². The summed E-state index contributed by atoms with van der Waals surface area (Å²) >= 11 is 5.56. The highest BCUT2D eigenvalue weighted by atomic mass is 35.5. The van der Waals surface area contributed by atoms with Crippen molar-refractivity contribution in [2.45, 2.75) is 0 Å². The van der Waals surface area contributed by atoms with Crippen molar-refractivity contribution in [3.63, 3.8) is 0 Å². The van der Waals surface area contributed by atoms with Crippen molar-refractivity contribution < 1.29 is 18.5 Å². The largest absolute Gasteiger partial charge is 0.319 e. The van der Waals surface area contributed by atoms with E-state index in [1.54, 1.807) is 0 Å². The lowest BCUT2D eigenvalue weighted by atomic mass is 10.1. The Labute approximate surface area is 122 Å². The van der Waals surface area contributed by atoms with Crippen molar-refractivity contribution in [2.75, 3.05) is 5.32 Å². The number of amides is 1. The molecule has 1 N–H and O–H groups in total. The monoisotopic (exact) mass is 312 g/mol. The van der Waals surface area contributed by atoms with Gasteiger partial charge < -0.3 is 5.32 Å². The van der Waals surface area contributed by atoms with Gasteiger partial charge in [0.25, 0.3) is 5.91 Å². The zero-order valence-electron chi connectivity index (χ0n) is 10.3. The van der Waals surface area contributed by atoms with Crippen molar-refractivity contribution in [1.29, 1.82) is 0 Å². The Morgan fingerprint density at radius 2 is 1.95 bits per heavy atom. The number of nitro groups is 1. The van der Waals surface area contributed by atoms with Gasteiger partial charge in [0.1, 0.15) is 0 Å². The summed E-state index contributed by atoms with van der Waals surface area (Å²) < 4.78 is 27.0. The van der Waals surface area contributed by atoms with E-state index in [0.717, 1.165) is 12.1 Å². The lowest BCUT2D eigenvalue weighted by Gasteiger charge is -2.07. The van der Waals surface area contributed by atoms with E-state index < -0.39 is 28.2 Å². The number of nitro benzene ring substituents is 1. The van der Waals surface area contributed by atoms with Crippen LogP contribution in [0.4, 0.5) is 20.2 Å². The van der Waals surface area contributed by atoms with Gasteiger partial charge in [-0.1, -0.05) is 17.7 Å². The average Bonchev–Trinajstić information content (AvgIpc) is 2.43. The second-order valence-electron chi connectivity index (χ2n) is 3.98. The normalized spacial score (nSPS) is 10.2. The Balaban J connectivity index is 2.27. The maximum Gasteiger partial charge on any atom is 0.304 e. The molecular formula is C13H7ClF2N2O3. The number of rotatable bonds is 3. The van der Waals surface area contributed by atoms with Gasteiger partial charge in [-0.2, -0.15) is 4.39 Å². The molecule has 0 radical (unpaired) electrons. The van der Waals surface area contributed by atoms with E-state index in [0.29, 0.717) is 6.07 Å². The van der Waals surface area contributed by atoms with Gasteiger partial charge in [0.2, 0.25) is 5.82 Å². The zero-order valence-corrected chi connectivity index (χ0v) is 11.0. The third kappa shape index (κ3) is 3.14. The molecule has 2 aromatic rings. The summed E-state index contributed by atoms with van der Waals surface area (Å²) in [5.41, 5.74) is -1.11. The highest BCUT2D eigenvalue weighted by Gasteiger charge is 2.17. The van der Waals surface area contributed by atoms with Crippen LogP contribution in [0, 0.1) is 21.7 Å². The Morgan fingerprint density at radius 1 is 1.24 bits per heavy atom. The SMILES string of the molecule is O=C(Nc1cccc(Cl)c1F)c1ccc([N+](=O)[O-])c(F)c1. The Bertz CT molecular complexity index is 737. The summed E-state index contributed by atoms with van der Waals surface area (Å²) in [6, 6.07) is 6.64. The van der Waals surface area contributed by atoms with Crippen LogP contribution in [0.5, 0.6) is 0 Å². The second-order valence-corrected chi connectivity index (χ2v) is 4.39. The van der Waals surface area contributed by atoms with Gasteiger partial charge in [0.05, 0.1) is 15.6 Å². The van der Waals surface area contributed by atoms with Gasteiger partial charge in [0, 0.05) is 11.6 Å². The third-order valence-corrected chi connectivity index (χ3v) is 2.90. The summed E-state index contributed by atoms with van der Waals surface area (Å²) in [6.07, 6.45) is 0. The van der Waals surface area contributed by atoms with E-state index in [1.165, 1.54) is 18.2 Å². The molecular weight excluding hydrogens is 306 g/mol. The molecule has 1 amide bonds. The summed E-state index contributed by atoms with van der Waals surface area (Å²) in [5, 5.41) is 12.5. The van der Waals surface area contributed by atoms with Gasteiger partial charge in [-0.05, 0) is 24.3 Å². The number of hydrogen-bond acceptors (Lipinski definition) is 3. The van der Waals surface area contributed by atoms with Crippen LogP contribution in [0.3, 0.4) is 0 Å². The molecule has 0 bridgehead atoms. The lowest BCUT2D eigenvalue weighted by Crippen LogP contribution is -2.13. The number of anilines is 1. The lowest BCUT2D eigenvalue weighted by molar-refractivity contribution is -0.387. The number of carbonyl (C=O) groups is 1. The molecule has 0 aliphatic carbocycles. The Hall–Kier alpha value is -2.54. The fraction of sp³-hybridized carbons (Fsp3) is 0. The predicted molar refractivity (Wildman–Crippen MR) is 72.4 cm³/mol. The van der Waals surface area contributed by atoms with Crippen molar-refractivity contribution in [1.82, 2.24) is 0 Å². The van der Waals surface area contributed by atoms with E-state index in [-0.39, 0.29) is 16.3 Å². The maximum atomic E-state index is 13.6. The minimum Gasteiger partial charge on any atom is -0.319 e. The average molecular weight is 313 g/mol. The molecule has 0 fully saturated rings. The molecule has 5 nitrogen and oxygen atoms in total. The first-order chi connectivity index (χ1) is 9.90. The van der Waals surface area contributed by atoms with E-state index in [4.69, 9.17) is 11.6 Å². The molecule has 0 spiro atoms. The number of nitrogens with zero attached hydrogens (tertiary/aromatic N) is 1. The van der Waals surface area contributed by atoms with E-state index in [2.05, 4.69) is 5.32 Å². The van der Waals surface area contributed by atoms with Crippen LogP contribution in [0.15, 0.2) is 36.4 Å². The van der Waals surface area contributed by atoms with E-state index in [9.17, 15) is 23.7 Å². The number of carbonyl (C=O) groups excluding carboxylic acids is 1. The second kappa shape index (κ2) is 5.84. The van der Waals surface area contributed by atoms with Crippen molar-refractivity contribution in [2.24, 2.45) is 0 Å².